The fourth-order valence-corrected chi connectivity index (χ4v) is 7.20. The summed E-state index contributed by atoms with van der Waals surface area (Å²) >= 11 is 0. The van der Waals surface area contributed by atoms with Crippen LogP contribution < -0.4 is 0 Å². The van der Waals surface area contributed by atoms with E-state index in [9.17, 15) is 43.2 Å². The maximum Gasteiger partial charge on any atom is 0.501 e. The molecule has 0 bridgehead atoms. The summed E-state index contributed by atoms with van der Waals surface area (Å²) < 4.78 is 131. The molecule has 0 unspecified atom stereocenters. The lowest BCUT2D eigenvalue weighted by molar-refractivity contribution is -0.0457. The Morgan fingerprint density at radius 2 is 1.34 bits per heavy atom. The van der Waals surface area contributed by atoms with E-state index in [0.29, 0.717) is 23.1 Å². The lowest BCUT2D eigenvalue weighted by Gasteiger charge is -2.23. The minimum Gasteiger partial charge on any atom is -0.214 e. The Kier molecular flexibility index (Phi) is 5.74. The SMILES string of the molecule is CCc1cccc2c1-c1c(CC)c(C)c(S(=O)(=O)C(F)(F)F)c(S(=O)(=O)C(F)(F)F)c1C2. The minimum atomic E-state index is -6.44. The first kappa shape index (κ1) is 24.6. The molecule has 12 heteroatoms. The molecule has 0 amide bonds. The first-order chi connectivity index (χ1) is 14.5. The van der Waals surface area contributed by atoms with Crippen molar-refractivity contribution in [2.45, 2.75) is 60.8 Å². The Morgan fingerprint density at radius 3 is 1.81 bits per heavy atom. The molecule has 1 aliphatic rings. The minimum absolute atomic E-state index is 0.0155. The van der Waals surface area contributed by atoms with Crippen LogP contribution in [0.1, 0.15) is 41.7 Å². The summed E-state index contributed by atoms with van der Waals surface area (Å²) in [6.45, 7) is 4.19. The normalized spacial score (nSPS) is 14.4. The van der Waals surface area contributed by atoms with Gasteiger partial charge in [0.15, 0.2) is 0 Å². The molecule has 0 aromatic heterocycles. The Balaban J connectivity index is 2.67. The van der Waals surface area contributed by atoms with Gasteiger partial charge in [-0.1, -0.05) is 32.0 Å². The fraction of sp³-hybridized carbons (Fsp3) is 0.400. The van der Waals surface area contributed by atoms with E-state index >= 15 is 0 Å². The maximum absolute atomic E-state index is 13.6. The summed E-state index contributed by atoms with van der Waals surface area (Å²) in [7, 11) is -12.9. The van der Waals surface area contributed by atoms with Crippen LogP contribution in [-0.4, -0.2) is 27.9 Å². The highest BCUT2D eigenvalue weighted by Crippen LogP contribution is 2.51. The van der Waals surface area contributed by atoms with Gasteiger partial charge >= 0.3 is 11.0 Å². The molecule has 0 spiro atoms. The van der Waals surface area contributed by atoms with Gasteiger partial charge in [0.1, 0.15) is 0 Å². The van der Waals surface area contributed by atoms with Gasteiger partial charge in [0.25, 0.3) is 19.7 Å². The molecule has 176 valence electrons. The molecule has 0 radical (unpaired) electrons. The number of benzene rings is 2. The Bertz CT molecular complexity index is 1320. The van der Waals surface area contributed by atoms with E-state index in [1.54, 1.807) is 19.1 Å². The second kappa shape index (κ2) is 7.47. The molecule has 2 aromatic carbocycles. The summed E-state index contributed by atoms with van der Waals surface area (Å²) in [6, 6.07) is 4.82. The van der Waals surface area contributed by atoms with Crippen molar-refractivity contribution in [1.82, 2.24) is 0 Å². The molecule has 32 heavy (non-hydrogen) atoms. The van der Waals surface area contributed by atoms with Crippen LogP contribution in [0.4, 0.5) is 26.3 Å². The number of halogens is 6. The van der Waals surface area contributed by atoms with Gasteiger partial charge in [-0.05, 0) is 58.7 Å². The van der Waals surface area contributed by atoms with Gasteiger partial charge in [-0.25, -0.2) is 16.8 Å². The molecule has 0 atom stereocenters. The van der Waals surface area contributed by atoms with Crippen LogP contribution in [0.3, 0.4) is 0 Å². The molecule has 0 fully saturated rings. The van der Waals surface area contributed by atoms with E-state index in [1.807, 2.05) is 0 Å². The maximum atomic E-state index is 13.6. The van der Waals surface area contributed by atoms with E-state index in [-0.39, 0.29) is 17.5 Å². The van der Waals surface area contributed by atoms with Crippen LogP contribution in [-0.2, 0) is 38.9 Å². The fourth-order valence-electron chi connectivity index (χ4n) is 4.29. The van der Waals surface area contributed by atoms with Crippen LogP contribution in [0.15, 0.2) is 28.0 Å². The third-order valence-corrected chi connectivity index (χ3v) is 9.00. The standard InChI is InChI=1S/C20H18F6O4S2/c1-4-11-7-6-8-12-9-14-16(15(11)12)13(5-2)10(3)17(31(27,28)19(21,22)23)18(14)32(29,30)20(24,25)26/h6-8H,4-5,9H2,1-3H3. The molecule has 2 aromatic rings. The van der Waals surface area contributed by atoms with Crippen LogP contribution in [0.25, 0.3) is 11.1 Å². The van der Waals surface area contributed by atoms with Crippen LogP contribution in [0.5, 0.6) is 0 Å². The second-order valence-electron chi connectivity index (χ2n) is 7.35. The van der Waals surface area contributed by atoms with Gasteiger partial charge in [-0.3, -0.25) is 0 Å². The molecular weight excluding hydrogens is 482 g/mol. The first-order valence-electron chi connectivity index (χ1n) is 9.44. The summed E-state index contributed by atoms with van der Waals surface area (Å²) in [5.74, 6) is 0. The van der Waals surface area contributed by atoms with Gasteiger partial charge in [-0.2, -0.15) is 26.3 Å². The largest absolute Gasteiger partial charge is 0.501 e. The lowest BCUT2D eigenvalue weighted by Crippen LogP contribution is -2.31. The molecule has 0 heterocycles. The molecule has 0 saturated heterocycles. The zero-order valence-corrected chi connectivity index (χ0v) is 18.7. The summed E-state index contributed by atoms with van der Waals surface area (Å²) in [4.78, 5) is -3.67. The van der Waals surface area contributed by atoms with Gasteiger partial charge in [0, 0.05) is 6.42 Å². The number of hydrogen-bond acceptors (Lipinski definition) is 4. The van der Waals surface area contributed by atoms with Crippen molar-refractivity contribution in [2.75, 3.05) is 0 Å². The van der Waals surface area contributed by atoms with Gasteiger partial charge in [-0.15, -0.1) is 0 Å². The van der Waals surface area contributed by atoms with E-state index in [1.165, 1.54) is 13.0 Å². The summed E-state index contributed by atoms with van der Waals surface area (Å²) in [5.41, 5.74) is -11.5. The molecule has 3 rings (SSSR count). The van der Waals surface area contributed by atoms with Gasteiger partial charge in [0.2, 0.25) is 0 Å². The molecule has 1 aliphatic carbocycles. The van der Waals surface area contributed by atoms with Crippen molar-refractivity contribution in [2.24, 2.45) is 0 Å². The average molecular weight is 500 g/mol. The number of rotatable bonds is 4. The molecule has 4 nitrogen and oxygen atoms in total. The van der Waals surface area contributed by atoms with Crippen molar-refractivity contribution < 1.29 is 43.2 Å². The number of fused-ring (bicyclic) bond motifs is 3. The van der Waals surface area contributed by atoms with E-state index in [4.69, 9.17) is 0 Å². The predicted molar refractivity (Wildman–Crippen MR) is 105 cm³/mol. The average Bonchev–Trinajstić information content (AvgIpc) is 3.04. The number of alkyl halides is 6. The molecule has 0 N–H and O–H groups in total. The van der Waals surface area contributed by atoms with E-state index < -0.39 is 58.0 Å². The quantitative estimate of drug-likeness (QED) is 0.458. The third-order valence-electron chi connectivity index (χ3n) is 5.61. The lowest BCUT2D eigenvalue weighted by atomic mass is 9.90. The summed E-state index contributed by atoms with van der Waals surface area (Å²) in [5, 5.41) is 0. The monoisotopic (exact) mass is 500 g/mol. The van der Waals surface area contributed by atoms with Gasteiger partial charge in [0.05, 0.1) is 9.79 Å². The molecule has 0 aliphatic heterocycles. The first-order valence-corrected chi connectivity index (χ1v) is 12.4. The number of aryl methyl sites for hydroxylation is 1. The molecule has 0 saturated carbocycles. The third kappa shape index (κ3) is 3.33. The van der Waals surface area contributed by atoms with Crippen molar-refractivity contribution >= 4 is 19.7 Å². The molecular formula is C20H18F6O4S2. The van der Waals surface area contributed by atoms with Crippen LogP contribution >= 0.6 is 0 Å². The highest BCUT2D eigenvalue weighted by molar-refractivity contribution is 7.95. The highest BCUT2D eigenvalue weighted by Gasteiger charge is 2.56. The van der Waals surface area contributed by atoms with Crippen LogP contribution in [0.2, 0.25) is 0 Å². The highest BCUT2D eigenvalue weighted by atomic mass is 32.2. The topological polar surface area (TPSA) is 68.3 Å². The van der Waals surface area contributed by atoms with E-state index in [0.717, 1.165) is 6.92 Å². The Morgan fingerprint density at radius 1 is 0.812 bits per heavy atom. The van der Waals surface area contributed by atoms with Crippen molar-refractivity contribution in [3.8, 4) is 11.1 Å². The van der Waals surface area contributed by atoms with Crippen molar-refractivity contribution in [3.05, 3.63) is 46.0 Å². The van der Waals surface area contributed by atoms with Crippen molar-refractivity contribution in [3.63, 3.8) is 0 Å². The Labute approximate surface area is 181 Å². The zero-order chi connectivity index (χ0) is 24.4. The zero-order valence-electron chi connectivity index (χ0n) is 17.1. The second-order valence-corrected chi connectivity index (χ2v) is 11.1. The predicted octanol–water partition coefficient (Wildman–Crippen LogP) is 5.28. The van der Waals surface area contributed by atoms with Crippen molar-refractivity contribution in [1.29, 1.82) is 0 Å². The number of sulfone groups is 2. The number of hydrogen-bond donors (Lipinski definition) is 0. The smallest absolute Gasteiger partial charge is 0.214 e. The Hall–Kier alpha value is -2.08. The van der Waals surface area contributed by atoms with Gasteiger partial charge < -0.3 is 0 Å². The van der Waals surface area contributed by atoms with E-state index in [2.05, 4.69) is 0 Å². The summed E-state index contributed by atoms with van der Waals surface area (Å²) in [6.07, 6.45) is -0.0239. The van der Waals surface area contributed by atoms with Crippen LogP contribution in [0, 0.1) is 6.92 Å².